The van der Waals surface area contributed by atoms with Crippen molar-refractivity contribution < 1.29 is 23.0 Å². The van der Waals surface area contributed by atoms with E-state index in [2.05, 4.69) is 0 Å². The highest BCUT2D eigenvalue weighted by atomic mass is 32.2. The number of methoxy groups -OCH3 is 1. The van der Waals surface area contributed by atoms with Crippen molar-refractivity contribution in [3.63, 3.8) is 0 Å². The molecule has 0 N–H and O–H groups in total. The molecule has 0 aromatic heterocycles. The summed E-state index contributed by atoms with van der Waals surface area (Å²) >= 11 is -2.26. The number of carbonyl (C=O) groups excluding carboxylic acids is 1. The molecule has 1 aromatic rings. The van der Waals surface area contributed by atoms with Crippen LogP contribution in [0, 0.1) is 0 Å². The van der Waals surface area contributed by atoms with Crippen LogP contribution in [0.1, 0.15) is 13.3 Å². The fourth-order valence-corrected chi connectivity index (χ4v) is 2.89. The number of amides is 1. The third-order valence-electron chi connectivity index (χ3n) is 4.08. The molecule has 0 saturated carbocycles. The summed E-state index contributed by atoms with van der Waals surface area (Å²) in [5, 5.41) is 0. The summed E-state index contributed by atoms with van der Waals surface area (Å²) in [6, 6.07) is 7.00. The smallest absolute Gasteiger partial charge is 0.409 e. The molecule has 3 atom stereocenters. The molecule has 1 aliphatic heterocycles. The molecule has 23 heavy (non-hydrogen) atoms. The van der Waals surface area contributed by atoms with Crippen molar-refractivity contribution in [2.75, 3.05) is 27.7 Å². The topological polar surface area (TPSA) is 78.9 Å². The minimum absolute atomic E-state index is 0.0604. The second-order valence-electron chi connectivity index (χ2n) is 6.01. The Morgan fingerprint density at radius 1 is 1.35 bits per heavy atom. The first-order valence-electron chi connectivity index (χ1n) is 7.31. The molecule has 128 valence electrons. The van der Waals surface area contributed by atoms with Gasteiger partial charge in [-0.25, -0.2) is 12.9 Å². The van der Waals surface area contributed by atoms with E-state index in [4.69, 9.17) is 9.47 Å². The molecule has 1 amide bonds. The monoisotopic (exact) mass is 342 g/mol. The molecule has 0 bridgehead atoms. The Morgan fingerprint density at radius 3 is 2.48 bits per heavy atom. The Hall–Kier alpha value is -1.64. The predicted octanol–water partition coefficient (Wildman–Crippen LogP) is 1.66. The number of carbonyl (C=O) groups is 1. The van der Waals surface area contributed by atoms with Gasteiger partial charge in [-0.1, -0.05) is 0 Å². The highest BCUT2D eigenvalue weighted by Crippen LogP contribution is 2.27. The summed E-state index contributed by atoms with van der Waals surface area (Å²) in [5.74, 6) is 0.648. The number of nitrogens with zero attached hydrogens (tertiary/aromatic N) is 2. The first-order valence-corrected chi connectivity index (χ1v) is 8.34. The molecular weight excluding hydrogens is 320 g/mol. The number of hydrogen-bond donors (Lipinski definition) is 0. The van der Waals surface area contributed by atoms with Crippen LogP contribution < -0.4 is 8.63 Å². The molecule has 7 nitrogen and oxygen atoms in total. The van der Waals surface area contributed by atoms with Gasteiger partial charge in [0.1, 0.15) is 17.5 Å². The van der Waals surface area contributed by atoms with E-state index in [9.17, 15) is 13.6 Å². The number of quaternary nitrogens is 1. The Balaban J connectivity index is 2.02. The molecule has 8 heteroatoms. The van der Waals surface area contributed by atoms with E-state index in [1.54, 1.807) is 43.3 Å². The van der Waals surface area contributed by atoms with E-state index in [-0.39, 0.29) is 22.1 Å². The van der Waals surface area contributed by atoms with Crippen molar-refractivity contribution in [3.05, 3.63) is 24.3 Å². The molecule has 1 aromatic carbocycles. The van der Waals surface area contributed by atoms with Gasteiger partial charge < -0.3 is 18.9 Å². The molecule has 2 rings (SSSR count). The van der Waals surface area contributed by atoms with Crippen molar-refractivity contribution in [3.8, 4) is 5.75 Å². The van der Waals surface area contributed by atoms with Crippen molar-refractivity contribution >= 4 is 23.0 Å². The fourth-order valence-electron chi connectivity index (χ4n) is 2.60. The standard InChI is InChI=1S/C15H22N2O5S/c1-11-9-14(10-16(11)15(18)21-4)22-13-7-5-12(6-8-13)17(2,3)23(19)20/h5-8,11,14H,9-10H2,1-4H3/t11-,14+/m1/s1. The highest BCUT2D eigenvalue weighted by Gasteiger charge is 2.34. The molecule has 1 saturated heterocycles. The van der Waals surface area contributed by atoms with Crippen LogP contribution in [-0.2, 0) is 16.0 Å². The molecule has 1 aliphatic rings. The number of benzene rings is 1. The van der Waals surface area contributed by atoms with E-state index in [1.807, 2.05) is 6.92 Å². The largest absolute Gasteiger partial charge is 0.724 e. The summed E-state index contributed by atoms with van der Waals surface area (Å²) in [6.45, 7) is 2.43. The number of ether oxygens (including phenoxy) is 2. The van der Waals surface area contributed by atoms with Gasteiger partial charge in [0.15, 0.2) is 11.3 Å². The van der Waals surface area contributed by atoms with Crippen LogP contribution in [0.4, 0.5) is 10.5 Å². The second-order valence-corrected chi connectivity index (χ2v) is 7.36. The zero-order chi connectivity index (χ0) is 17.2. The van der Waals surface area contributed by atoms with Crippen LogP contribution in [-0.4, -0.2) is 59.7 Å². The minimum atomic E-state index is -2.26. The zero-order valence-electron chi connectivity index (χ0n) is 13.7. The molecular formula is C15H22N2O5S. The molecule has 0 aliphatic carbocycles. The normalized spacial score (nSPS) is 22.7. The van der Waals surface area contributed by atoms with E-state index >= 15 is 0 Å². The number of likely N-dealkylation sites (tertiary alicyclic amines) is 1. The van der Waals surface area contributed by atoms with Crippen molar-refractivity contribution in [1.82, 2.24) is 8.79 Å². The molecule has 1 heterocycles. The fraction of sp³-hybridized carbons (Fsp3) is 0.533. The molecule has 0 spiro atoms. The minimum Gasteiger partial charge on any atom is -0.724 e. The molecule has 1 fully saturated rings. The van der Waals surface area contributed by atoms with Crippen molar-refractivity contribution in [2.24, 2.45) is 0 Å². The van der Waals surface area contributed by atoms with Gasteiger partial charge in [-0.15, -0.1) is 0 Å². The van der Waals surface area contributed by atoms with Gasteiger partial charge in [-0.05, 0) is 19.1 Å². The van der Waals surface area contributed by atoms with Crippen molar-refractivity contribution in [2.45, 2.75) is 25.5 Å². The average Bonchev–Trinajstić information content (AvgIpc) is 2.87. The van der Waals surface area contributed by atoms with Crippen LogP contribution >= 0.6 is 0 Å². The van der Waals surface area contributed by atoms with Gasteiger partial charge in [0, 0.05) is 24.6 Å². The lowest BCUT2D eigenvalue weighted by atomic mass is 10.2. The Bertz CT molecular complexity index is 590. The van der Waals surface area contributed by atoms with Gasteiger partial charge in [0.05, 0.1) is 27.7 Å². The maximum absolute atomic E-state index is 11.6. The van der Waals surface area contributed by atoms with Gasteiger partial charge in [-0.2, -0.15) is 0 Å². The van der Waals surface area contributed by atoms with Crippen molar-refractivity contribution in [1.29, 1.82) is 0 Å². The van der Waals surface area contributed by atoms with Crippen LogP contribution in [0.2, 0.25) is 0 Å². The lowest BCUT2D eigenvalue weighted by Crippen LogP contribution is -2.41. The van der Waals surface area contributed by atoms with Gasteiger partial charge in [0.2, 0.25) is 0 Å². The van der Waals surface area contributed by atoms with Crippen LogP contribution in [0.25, 0.3) is 0 Å². The summed E-state index contributed by atoms with van der Waals surface area (Å²) in [4.78, 5) is 13.3. The maximum Gasteiger partial charge on any atom is 0.409 e. The number of hydrogen-bond acceptors (Lipinski definition) is 5. The maximum atomic E-state index is 11.6. The first kappa shape index (κ1) is 17.7. The van der Waals surface area contributed by atoms with Gasteiger partial charge >= 0.3 is 6.09 Å². The highest BCUT2D eigenvalue weighted by molar-refractivity contribution is 7.78. The Morgan fingerprint density at radius 2 is 1.96 bits per heavy atom. The van der Waals surface area contributed by atoms with E-state index in [0.717, 1.165) is 6.42 Å². The first-order chi connectivity index (χ1) is 10.8. The van der Waals surface area contributed by atoms with E-state index in [1.165, 1.54) is 7.11 Å². The summed E-state index contributed by atoms with van der Waals surface area (Å²) < 4.78 is 32.9. The summed E-state index contributed by atoms with van der Waals surface area (Å²) in [7, 11) is 4.54. The van der Waals surface area contributed by atoms with Gasteiger partial charge in [0.25, 0.3) is 0 Å². The van der Waals surface area contributed by atoms with E-state index in [0.29, 0.717) is 18.0 Å². The third kappa shape index (κ3) is 3.82. The summed E-state index contributed by atoms with van der Waals surface area (Å²) in [6.07, 6.45) is 0.269. The average molecular weight is 342 g/mol. The third-order valence-corrected chi connectivity index (χ3v) is 5.04. The van der Waals surface area contributed by atoms with Gasteiger partial charge in [-0.3, -0.25) is 0 Å². The zero-order valence-corrected chi connectivity index (χ0v) is 14.5. The predicted molar refractivity (Wildman–Crippen MR) is 86.6 cm³/mol. The quantitative estimate of drug-likeness (QED) is 0.614. The van der Waals surface area contributed by atoms with Crippen LogP contribution in [0.5, 0.6) is 5.75 Å². The van der Waals surface area contributed by atoms with E-state index < -0.39 is 11.3 Å². The second kappa shape index (κ2) is 6.86. The molecule has 1 unspecified atom stereocenters. The SMILES string of the molecule is COC(=O)N1C[C@@H](Oc2ccc([N+](C)(C)S(=O)[O-])cc2)C[C@H]1C. The van der Waals surface area contributed by atoms with Crippen LogP contribution in [0.15, 0.2) is 24.3 Å². The number of rotatable bonds is 4. The Kier molecular flexibility index (Phi) is 5.28. The lowest BCUT2D eigenvalue weighted by Gasteiger charge is -2.29. The lowest BCUT2D eigenvalue weighted by molar-refractivity contribution is 0.117. The Labute approximate surface area is 138 Å². The van der Waals surface area contributed by atoms with Crippen LogP contribution in [0.3, 0.4) is 0 Å². The summed E-state index contributed by atoms with van der Waals surface area (Å²) in [5.41, 5.74) is 0.640. The molecule has 0 radical (unpaired) electrons.